The summed E-state index contributed by atoms with van der Waals surface area (Å²) in [4.78, 5) is 18.5. The summed E-state index contributed by atoms with van der Waals surface area (Å²) in [5.41, 5.74) is -0.408. The molecule has 0 radical (unpaired) electrons. The molecule has 0 amide bonds. The average molecular weight is 562 g/mol. The first kappa shape index (κ1) is 40.9. The normalized spacial score (nSPS) is 12.8. The molecule has 0 spiro atoms. The van der Waals surface area contributed by atoms with Crippen LogP contribution in [0.3, 0.4) is 0 Å². The van der Waals surface area contributed by atoms with E-state index in [4.69, 9.17) is 8.85 Å². The first-order valence-corrected chi connectivity index (χ1v) is 23.1. The Morgan fingerprint density at radius 2 is 0.621 bits per heavy atom. The van der Waals surface area contributed by atoms with Gasteiger partial charge in [-0.1, -0.05) is 39.3 Å². The predicted octanol–water partition coefficient (Wildman–Crippen LogP) is 6.38. The first-order valence-electron chi connectivity index (χ1n) is 9.97. The molecule has 4 nitrogen and oxygen atoms in total. The van der Waals surface area contributed by atoms with E-state index in [0.29, 0.717) is 0 Å². The van der Waals surface area contributed by atoms with Crippen molar-refractivity contribution in [3.8, 4) is 0 Å². The molecule has 0 heterocycles. The minimum atomic E-state index is -2.29. The first-order chi connectivity index (χ1) is 11.4. The van der Waals surface area contributed by atoms with E-state index in [-0.39, 0.29) is 37.4 Å². The van der Waals surface area contributed by atoms with Gasteiger partial charge < -0.3 is 31.5 Å². The molecule has 0 saturated heterocycles. The van der Waals surface area contributed by atoms with E-state index in [1.807, 2.05) is 41.5 Å². The van der Waals surface area contributed by atoms with Gasteiger partial charge in [-0.15, -0.1) is 16.1 Å². The fourth-order valence-electron chi connectivity index (χ4n) is 1.50. The third kappa shape index (κ3) is 122. The van der Waals surface area contributed by atoms with Crippen molar-refractivity contribution in [3.63, 3.8) is 0 Å². The van der Waals surface area contributed by atoms with Crippen LogP contribution < -0.4 is 0 Å². The Balaban J connectivity index is -0.0000000907. The summed E-state index contributed by atoms with van der Waals surface area (Å²) in [6.45, 7) is 39.8. The molecule has 0 aliphatic rings. The molecule has 0 aliphatic carbocycles. The molecule has 0 saturated carbocycles. The van der Waals surface area contributed by atoms with Crippen LogP contribution in [0.15, 0.2) is 0 Å². The van der Waals surface area contributed by atoms with E-state index in [2.05, 4.69) is 52.4 Å². The van der Waals surface area contributed by atoms with E-state index in [1.165, 1.54) is 0 Å². The van der Waals surface area contributed by atoms with Gasteiger partial charge in [0.1, 0.15) is 0 Å². The molecule has 29 heavy (non-hydrogen) atoms. The van der Waals surface area contributed by atoms with Crippen molar-refractivity contribution < 1.29 is 44.6 Å². The second kappa shape index (κ2) is 15.4. The van der Waals surface area contributed by atoms with Gasteiger partial charge in [0.25, 0.3) is 0 Å². The minimum absolute atomic E-state index is 0. The third-order valence-corrected chi connectivity index (χ3v) is 3.34. The number of rotatable bonds is 2. The van der Waals surface area contributed by atoms with Crippen LogP contribution in [0.2, 0.25) is 65.5 Å². The van der Waals surface area contributed by atoms with Crippen LogP contribution in [0.4, 0.5) is 0 Å². The molecule has 0 aliphatic heterocycles. The van der Waals surface area contributed by atoms with Crippen LogP contribution in [-0.2, 0) is 35.1 Å². The largest absolute Gasteiger partial charge is 2.00 e. The quantitative estimate of drug-likeness (QED) is 0.303. The van der Waals surface area contributed by atoms with E-state index < -0.39 is 33.3 Å². The summed E-state index contributed by atoms with van der Waals surface area (Å²) < 4.78 is 10.6. The zero-order valence-corrected chi connectivity index (χ0v) is 29.1. The molecular formula is C20H54O4Si4Zr. The van der Waals surface area contributed by atoms with Crippen molar-refractivity contribution in [2.24, 2.45) is 0 Å². The molecule has 0 aromatic rings. The predicted molar refractivity (Wildman–Crippen MR) is 138 cm³/mol. The van der Waals surface area contributed by atoms with Gasteiger partial charge in [-0.25, -0.2) is 0 Å². The summed E-state index contributed by atoms with van der Waals surface area (Å²) in [6.07, 6.45) is 0. The number of hydrogen-bond donors (Lipinski definition) is 2. The monoisotopic (exact) mass is 560 g/mol. The van der Waals surface area contributed by atoms with Gasteiger partial charge in [-0.2, -0.15) is 0 Å². The maximum atomic E-state index is 9.27. The van der Waals surface area contributed by atoms with Crippen LogP contribution in [0.1, 0.15) is 41.5 Å². The van der Waals surface area contributed by atoms with E-state index in [9.17, 15) is 9.59 Å². The van der Waals surface area contributed by atoms with Gasteiger partial charge in [0.2, 0.25) is 0 Å². The Hall–Kier alpha value is 1.59. The summed E-state index contributed by atoms with van der Waals surface area (Å²) in [5, 5.41) is 0. The molecule has 0 atom stereocenters. The average Bonchev–Trinajstić information content (AvgIpc) is 1.95. The molecule has 0 unspecified atom stereocenters. The Labute approximate surface area is 208 Å². The maximum absolute atomic E-state index is 9.27. The smallest absolute Gasteiger partial charge is 0.411 e. The molecule has 9 heteroatoms. The summed E-state index contributed by atoms with van der Waals surface area (Å²) in [5.74, 6) is 0. The van der Waals surface area contributed by atoms with Gasteiger partial charge in [-0.3, -0.25) is 0 Å². The van der Waals surface area contributed by atoms with Crippen LogP contribution in [0, 0.1) is 13.1 Å². The second-order valence-corrected chi connectivity index (χ2v) is 28.9. The van der Waals surface area contributed by atoms with Gasteiger partial charge in [0.15, 0.2) is 0 Å². The van der Waals surface area contributed by atoms with Crippen molar-refractivity contribution in [2.45, 2.75) is 118 Å². The number of hydrogen-bond acceptors (Lipinski definition) is 4. The van der Waals surface area contributed by atoms with Crippen molar-refractivity contribution in [3.05, 3.63) is 13.1 Å². The third-order valence-electron chi connectivity index (χ3n) is 1.11. The van der Waals surface area contributed by atoms with Gasteiger partial charge in [0.05, 0.1) is 11.2 Å². The molecule has 0 fully saturated rings. The van der Waals surface area contributed by atoms with Crippen molar-refractivity contribution in [2.75, 3.05) is 0 Å². The maximum Gasteiger partial charge on any atom is 2.00 e. The molecule has 0 rings (SSSR count). The van der Waals surface area contributed by atoms with Gasteiger partial charge >= 0.3 is 43.3 Å². The Bertz CT molecular complexity index is 306. The fourth-order valence-corrected chi connectivity index (χ4v) is 4.50. The Morgan fingerprint density at radius 3 is 0.621 bits per heavy atom. The topological polar surface area (TPSA) is 58.9 Å². The zero-order chi connectivity index (χ0) is 24.4. The van der Waals surface area contributed by atoms with Crippen LogP contribution in [-0.4, -0.2) is 54.1 Å². The molecule has 0 aromatic heterocycles. The minimum Gasteiger partial charge on any atom is -0.411 e. The molecule has 0 aromatic carbocycles. The molecule has 0 bridgehead atoms. The van der Waals surface area contributed by atoms with Crippen LogP contribution in [0.25, 0.3) is 0 Å². The SMILES string of the molecule is CC(C)(C)O[Si](C)(C)O.CC(C)(C)O[Si](C)(C)O.[CH2-][Si](C)(C)C.[CH2-][Si](C)(C)C.[Zr+2]. The molecule has 178 valence electrons. The zero-order valence-electron chi connectivity index (χ0n) is 22.6. The van der Waals surface area contributed by atoms with Crippen molar-refractivity contribution in [1.82, 2.24) is 0 Å². The Kier molecular flexibility index (Phi) is 21.8. The standard InChI is InChI=1S/2C6H16O2Si.2C4H11Si.Zr/c2*1-6(2,3)8-9(4,5)7;2*1-5(2,3)4;/h2*7H,1-5H3;2*1H2,2-4H3;/q;;2*-1;+2. The van der Waals surface area contributed by atoms with Gasteiger partial charge in [0, 0.05) is 0 Å². The van der Waals surface area contributed by atoms with E-state index in [0.717, 1.165) is 0 Å². The fraction of sp³-hybridized carbons (Fsp3) is 0.900. The van der Waals surface area contributed by atoms with Crippen LogP contribution in [0.5, 0.6) is 0 Å². The van der Waals surface area contributed by atoms with E-state index >= 15 is 0 Å². The van der Waals surface area contributed by atoms with Gasteiger partial charge in [-0.05, 0) is 67.7 Å². The Morgan fingerprint density at radius 1 is 0.517 bits per heavy atom. The second-order valence-electron chi connectivity index (χ2n) is 12.4. The summed E-state index contributed by atoms with van der Waals surface area (Å²) >= 11 is 0. The molecular weight excluding hydrogens is 508 g/mol. The molecule has 2 N–H and O–H groups in total. The van der Waals surface area contributed by atoms with E-state index in [1.54, 1.807) is 26.2 Å². The van der Waals surface area contributed by atoms with Crippen molar-refractivity contribution >= 4 is 33.3 Å². The summed E-state index contributed by atoms with van der Waals surface area (Å²) in [6, 6.07) is 0. The van der Waals surface area contributed by atoms with Crippen molar-refractivity contribution in [1.29, 1.82) is 0 Å². The van der Waals surface area contributed by atoms with Crippen LogP contribution >= 0.6 is 0 Å². The summed E-state index contributed by atoms with van der Waals surface area (Å²) in [7, 11) is -6.31.